The highest BCUT2D eigenvalue weighted by molar-refractivity contribution is 5.69. The molecular weight excluding hydrogens is 278 g/mol. The van der Waals surface area contributed by atoms with Gasteiger partial charge in [-0.1, -0.05) is 30.3 Å². The Morgan fingerprint density at radius 2 is 2.09 bits per heavy atom. The van der Waals surface area contributed by atoms with Crippen molar-refractivity contribution in [2.24, 2.45) is 5.92 Å². The van der Waals surface area contributed by atoms with E-state index in [-0.39, 0.29) is 12.0 Å². The molecule has 122 valence electrons. The van der Waals surface area contributed by atoms with E-state index in [1.165, 1.54) is 12.8 Å². The third-order valence-electron chi connectivity index (χ3n) is 3.85. The van der Waals surface area contributed by atoms with Crippen molar-refractivity contribution < 1.29 is 14.3 Å². The summed E-state index contributed by atoms with van der Waals surface area (Å²) >= 11 is 0. The van der Waals surface area contributed by atoms with Gasteiger partial charge in [-0.15, -0.1) is 0 Å². The van der Waals surface area contributed by atoms with Crippen LogP contribution in [0.15, 0.2) is 30.3 Å². The average molecular weight is 305 g/mol. The van der Waals surface area contributed by atoms with Crippen molar-refractivity contribution in [1.29, 1.82) is 0 Å². The van der Waals surface area contributed by atoms with Crippen LogP contribution in [0.25, 0.3) is 0 Å². The number of ether oxygens (including phenoxy) is 2. The standard InChI is InChI=1S/C18H27NO3/c1-2-21-14-17(19-12-15-8-9-15)10-11-18(20)22-13-16-6-4-3-5-7-16/h3-7,15,17,19H,2,8-14H2,1H3/t17-/m0/s1. The van der Waals surface area contributed by atoms with Gasteiger partial charge >= 0.3 is 5.97 Å². The molecule has 1 fully saturated rings. The van der Waals surface area contributed by atoms with Gasteiger partial charge in [0.25, 0.3) is 0 Å². The maximum absolute atomic E-state index is 11.9. The quantitative estimate of drug-likeness (QED) is 0.639. The molecule has 0 aromatic heterocycles. The summed E-state index contributed by atoms with van der Waals surface area (Å²) in [7, 11) is 0. The summed E-state index contributed by atoms with van der Waals surface area (Å²) in [6, 6.07) is 10.0. The van der Waals surface area contributed by atoms with Crippen LogP contribution in [-0.2, 0) is 20.9 Å². The van der Waals surface area contributed by atoms with Gasteiger partial charge in [-0.25, -0.2) is 0 Å². The zero-order valence-electron chi connectivity index (χ0n) is 13.4. The number of hydrogen-bond acceptors (Lipinski definition) is 4. The fourth-order valence-electron chi connectivity index (χ4n) is 2.26. The zero-order valence-corrected chi connectivity index (χ0v) is 13.4. The maximum atomic E-state index is 11.9. The van der Waals surface area contributed by atoms with E-state index < -0.39 is 0 Å². The summed E-state index contributed by atoms with van der Waals surface area (Å²) in [4.78, 5) is 11.9. The van der Waals surface area contributed by atoms with Crippen LogP contribution in [0.1, 0.15) is 38.2 Å². The number of carbonyl (C=O) groups is 1. The topological polar surface area (TPSA) is 47.6 Å². The average Bonchev–Trinajstić information content (AvgIpc) is 3.37. The van der Waals surface area contributed by atoms with Crippen molar-refractivity contribution >= 4 is 5.97 Å². The molecule has 0 amide bonds. The second-order valence-electron chi connectivity index (χ2n) is 5.89. The first-order valence-corrected chi connectivity index (χ1v) is 8.28. The molecule has 1 aliphatic carbocycles. The van der Waals surface area contributed by atoms with Crippen molar-refractivity contribution in [3.63, 3.8) is 0 Å². The third kappa shape index (κ3) is 7.05. The smallest absolute Gasteiger partial charge is 0.306 e. The summed E-state index contributed by atoms with van der Waals surface area (Å²) in [5.74, 6) is 0.688. The molecule has 22 heavy (non-hydrogen) atoms. The molecule has 1 aromatic carbocycles. The highest BCUT2D eigenvalue weighted by Crippen LogP contribution is 2.27. The highest BCUT2D eigenvalue weighted by Gasteiger charge is 2.22. The van der Waals surface area contributed by atoms with E-state index >= 15 is 0 Å². The molecule has 1 aliphatic rings. The number of carbonyl (C=O) groups excluding carboxylic acids is 1. The van der Waals surface area contributed by atoms with Gasteiger partial charge in [-0.05, 0) is 44.2 Å². The van der Waals surface area contributed by atoms with E-state index in [2.05, 4.69) is 5.32 Å². The van der Waals surface area contributed by atoms with Gasteiger partial charge < -0.3 is 14.8 Å². The van der Waals surface area contributed by atoms with Gasteiger partial charge in [-0.3, -0.25) is 4.79 Å². The Morgan fingerprint density at radius 1 is 1.32 bits per heavy atom. The second kappa shape index (κ2) is 9.59. The summed E-state index contributed by atoms with van der Waals surface area (Å²) in [5.41, 5.74) is 1.02. The largest absolute Gasteiger partial charge is 0.461 e. The molecule has 0 aliphatic heterocycles. The number of hydrogen-bond donors (Lipinski definition) is 1. The van der Waals surface area contributed by atoms with Crippen LogP contribution in [0.4, 0.5) is 0 Å². The Labute approximate surface area is 133 Å². The number of rotatable bonds is 11. The monoisotopic (exact) mass is 305 g/mol. The molecule has 4 nitrogen and oxygen atoms in total. The van der Waals surface area contributed by atoms with Gasteiger partial charge in [0, 0.05) is 19.1 Å². The zero-order chi connectivity index (χ0) is 15.6. The van der Waals surface area contributed by atoms with Crippen molar-refractivity contribution in [2.45, 2.75) is 45.3 Å². The van der Waals surface area contributed by atoms with Crippen LogP contribution >= 0.6 is 0 Å². The molecule has 1 N–H and O–H groups in total. The first kappa shape index (κ1) is 17.0. The lowest BCUT2D eigenvalue weighted by Gasteiger charge is -2.18. The fourth-order valence-corrected chi connectivity index (χ4v) is 2.26. The Morgan fingerprint density at radius 3 is 2.77 bits per heavy atom. The van der Waals surface area contributed by atoms with Crippen LogP contribution in [0.3, 0.4) is 0 Å². The summed E-state index contributed by atoms with van der Waals surface area (Å²) in [6.45, 7) is 4.75. The van der Waals surface area contributed by atoms with Crippen molar-refractivity contribution in [2.75, 3.05) is 19.8 Å². The van der Waals surface area contributed by atoms with Gasteiger partial charge in [0.2, 0.25) is 0 Å². The predicted octanol–water partition coefficient (Wildman–Crippen LogP) is 2.91. The second-order valence-corrected chi connectivity index (χ2v) is 5.89. The van der Waals surface area contributed by atoms with E-state index in [9.17, 15) is 4.79 Å². The minimum atomic E-state index is -0.140. The maximum Gasteiger partial charge on any atom is 0.306 e. The van der Waals surface area contributed by atoms with Crippen molar-refractivity contribution in [3.05, 3.63) is 35.9 Å². The first-order chi connectivity index (χ1) is 10.8. The molecule has 1 aromatic rings. The van der Waals surface area contributed by atoms with Gasteiger partial charge in [0.1, 0.15) is 6.61 Å². The number of benzene rings is 1. The molecule has 1 saturated carbocycles. The lowest BCUT2D eigenvalue weighted by molar-refractivity contribution is -0.145. The van der Waals surface area contributed by atoms with Gasteiger partial charge in [0.05, 0.1) is 6.61 Å². The van der Waals surface area contributed by atoms with E-state index in [1.54, 1.807) is 0 Å². The third-order valence-corrected chi connectivity index (χ3v) is 3.85. The Hall–Kier alpha value is -1.39. The minimum absolute atomic E-state index is 0.140. The number of esters is 1. The Balaban J connectivity index is 1.64. The molecule has 4 heteroatoms. The van der Waals surface area contributed by atoms with Crippen LogP contribution in [0, 0.1) is 5.92 Å². The molecule has 0 saturated heterocycles. The summed E-state index contributed by atoms with van der Waals surface area (Å²) < 4.78 is 10.8. The molecular formula is C18H27NO3. The highest BCUT2D eigenvalue weighted by atomic mass is 16.5. The van der Waals surface area contributed by atoms with E-state index in [1.807, 2.05) is 37.3 Å². The lowest BCUT2D eigenvalue weighted by atomic mass is 10.1. The lowest BCUT2D eigenvalue weighted by Crippen LogP contribution is -2.35. The molecule has 0 bridgehead atoms. The molecule has 0 unspecified atom stereocenters. The van der Waals surface area contributed by atoms with Crippen molar-refractivity contribution in [3.8, 4) is 0 Å². The van der Waals surface area contributed by atoms with Crippen molar-refractivity contribution in [1.82, 2.24) is 5.32 Å². The van der Waals surface area contributed by atoms with Gasteiger partial charge in [0.15, 0.2) is 0 Å². The molecule has 0 radical (unpaired) electrons. The van der Waals surface area contributed by atoms with Crippen LogP contribution in [0.2, 0.25) is 0 Å². The van der Waals surface area contributed by atoms with E-state index in [4.69, 9.17) is 9.47 Å². The Bertz CT molecular complexity index is 431. The Kier molecular flexibility index (Phi) is 7.40. The SMILES string of the molecule is CCOC[C@H](CCC(=O)OCc1ccccc1)NCC1CC1. The van der Waals surface area contributed by atoms with Crippen LogP contribution in [0.5, 0.6) is 0 Å². The summed E-state index contributed by atoms with van der Waals surface area (Å²) in [6.07, 6.45) is 3.85. The molecule has 0 spiro atoms. The van der Waals surface area contributed by atoms with E-state index in [0.717, 1.165) is 24.4 Å². The predicted molar refractivity (Wildman–Crippen MR) is 86.5 cm³/mol. The van der Waals surface area contributed by atoms with E-state index in [0.29, 0.717) is 26.2 Å². The van der Waals surface area contributed by atoms with Gasteiger partial charge in [-0.2, -0.15) is 0 Å². The normalized spacial score (nSPS) is 15.5. The molecule has 2 rings (SSSR count). The molecule has 1 atom stereocenters. The van der Waals surface area contributed by atoms with Crippen LogP contribution in [-0.4, -0.2) is 31.8 Å². The fraction of sp³-hybridized carbons (Fsp3) is 0.611. The first-order valence-electron chi connectivity index (χ1n) is 8.28. The number of nitrogens with one attached hydrogen (secondary N) is 1. The minimum Gasteiger partial charge on any atom is -0.461 e. The molecule has 0 heterocycles. The summed E-state index contributed by atoms with van der Waals surface area (Å²) in [5, 5.41) is 3.51. The van der Waals surface area contributed by atoms with Crippen LogP contribution < -0.4 is 5.32 Å².